The Bertz CT molecular complexity index is 2260. The quantitative estimate of drug-likeness (QED) is 0.0701. The van der Waals surface area contributed by atoms with Gasteiger partial charge in [0.05, 0.1) is 29.5 Å². The summed E-state index contributed by atoms with van der Waals surface area (Å²) in [6.45, 7) is 2.22. The monoisotopic (exact) mass is 837 g/mol. The molecule has 0 saturated carbocycles. The van der Waals surface area contributed by atoms with Crippen LogP contribution < -0.4 is 14.2 Å². The number of nitrogens with zero attached hydrogens (tertiary/aromatic N) is 5. The summed E-state index contributed by atoms with van der Waals surface area (Å²) in [5, 5.41) is 20.1. The Morgan fingerprint density at radius 3 is 2.43 bits per heavy atom. The molecule has 6 rings (SSSR count). The fraction of sp³-hybridized carbons (Fsp3) is 0.366. The number of piperidine rings is 1. The first-order chi connectivity index (χ1) is 27.6. The molecule has 1 fully saturated rings. The summed E-state index contributed by atoms with van der Waals surface area (Å²) in [5.74, 6) is -5.91. The summed E-state index contributed by atoms with van der Waals surface area (Å²) in [7, 11) is 0. The lowest BCUT2D eigenvalue weighted by atomic mass is 9.77. The van der Waals surface area contributed by atoms with Crippen molar-refractivity contribution in [2.24, 2.45) is 0 Å². The van der Waals surface area contributed by atoms with Crippen LogP contribution in [0.2, 0.25) is 5.02 Å². The molecule has 1 N–H and O–H groups in total. The minimum atomic E-state index is -3.30. The molecule has 17 heteroatoms. The fourth-order valence-electron chi connectivity index (χ4n) is 6.73. The van der Waals surface area contributed by atoms with Crippen molar-refractivity contribution in [3.8, 4) is 23.3 Å². The Hall–Kier alpha value is -5.37. The van der Waals surface area contributed by atoms with Crippen molar-refractivity contribution in [2.45, 2.75) is 75.2 Å². The van der Waals surface area contributed by atoms with Gasteiger partial charge in [-0.1, -0.05) is 49.3 Å². The van der Waals surface area contributed by atoms with E-state index in [2.05, 4.69) is 16.0 Å². The largest absolute Gasteiger partial charge is 0.490 e. The first kappa shape index (κ1) is 42.2. The number of hydrogen-bond donors (Lipinski definition) is 1. The molecule has 58 heavy (non-hydrogen) atoms. The van der Waals surface area contributed by atoms with Gasteiger partial charge in [0.2, 0.25) is 5.91 Å². The van der Waals surface area contributed by atoms with Crippen LogP contribution in [0, 0.1) is 17.1 Å². The second-order valence-electron chi connectivity index (χ2n) is 14.2. The molecule has 0 radical (unpaired) electrons. The van der Waals surface area contributed by atoms with Crippen molar-refractivity contribution in [3.63, 3.8) is 0 Å². The van der Waals surface area contributed by atoms with Gasteiger partial charge >= 0.3 is 0 Å². The molecule has 1 saturated heterocycles. The predicted molar refractivity (Wildman–Crippen MR) is 206 cm³/mol. The lowest BCUT2D eigenvalue weighted by Gasteiger charge is -2.34. The van der Waals surface area contributed by atoms with E-state index in [1.165, 1.54) is 22.7 Å². The number of fused-ring (bicyclic) bond motifs is 1. The number of hydrogen-bond acceptors (Lipinski definition) is 11. The molecular weight excluding hydrogens is 799 g/mol. The van der Waals surface area contributed by atoms with Gasteiger partial charge in [0, 0.05) is 43.0 Å². The Kier molecular flexibility index (Phi) is 12.8. The van der Waals surface area contributed by atoms with Gasteiger partial charge in [0.15, 0.2) is 22.5 Å². The number of alkyl halides is 2. The Balaban J connectivity index is 1.02. The highest BCUT2D eigenvalue weighted by molar-refractivity contribution is 7.98. The van der Waals surface area contributed by atoms with Gasteiger partial charge in [-0.25, -0.2) is 23.1 Å². The number of carbonyl (C=O) groups excluding carboxylic acids is 3. The summed E-state index contributed by atoms with van der Waals surface area (Å²) in [6, 6.07) is 15.7. The second-order valence-corrected chi connectivity index (χ2v) is 15.4. The molecule has 0 bridgehead atoms. The van der Waals surface area contributed by atoms with Crippen LogP contribution in [0.25, 0.3) is 0 Å². The first-order valence-electron chi connectivity index (χ1n) is 18.2. The van der Waals surface area contributed by atoms with Crippen LogP contribution in [0.5, 0.6) is 17.2 Å². The number of likely N-dealkylation sites (tertiary alicyclic amines) is 1. The van der Waals surface area contributed by atoms with Crippen LogP contribution in [-0.2, 0) is 28.2 Å². The number of aliphatic hydroxyl groups is 1. The number of halogens is 4. The molecule has 1 aromatic heterocycles. The zero-order chi connectivity index (χ0) is 41.8. The number of aromatic nitrogens is 2. The van der Waals surface area contributed by atoms with E-state index in [-0.39, 0.29) is 53.6 Å². The molecule has 0 aliphatic carbocycles. The maximum absolute atomic E-state index is 15.0. The molecule has 3 aromatic carbocycles. The van der Waals surface area contributed by atoms with Crippen LogP contribution >= 0.6 is 23.4 Å². The molecule has 12 nitrogen and oxygen atoms in total. The van der Waals surface area contributed by atoms with Crippen LogP contribution in [0.3, 0.4) is 0 Å². The summed E-state index contributed by atoms with van der Waals surface area (Å²) in [4.78, 5) is 48.2. The van der Waals surface area contributed by atoms with E-state index in [1.807, 2.05) is 44.4 Å². The maximum atomic E-state index is 15.0. The molecular formula is C41H39ClF3N5O7S. The van der Waals surface area contributed by atoms with Crippen LogP contribution in [0.1, 0.15) is 77.8 Å². The molecule has 0 spiro atoms. The third-order valence-electron chi connectivity index (χ3n) is 10.2. The van der Waals surface area contributed by atoms with Crippen molar-refractivity contribution >= 4 is 41.1 Å². The predicted octanol–water partition coefficient (Wildman–Crippen LogP) is 7.06. The van der Waals surface area contributed by atoms with E-state index < -0.39 is 73.7 Å². The smallest absolute Gasteiger partial charge is 0.255 e. The van der Waals surface area contributed by atoms with Crippen LogP contribution in [0.15, 0.2) is 66.0 Å². The van der Waals surface area contributed by atoms with Gasteiger partial charge in [0.25, 0.3) is 17.7 Å². The Labute approximate surface area is 341 Å². The fourth-order valence-corrected chi connectivity index (χ4v) is 7.37. The van der Waals surface area contributed by atoms with Gasteiger partial charge < -0.3 is 24.2 Å². The second kappa shape index (κ2) is 17.6. The Morgan fingerprint density at radius 2 is 1.74 bits per heavy atom. The minimum absolute atomic E-state index is 0.0140. The number of ether oxygens (including phenoxy) is 3. The average Bonchev–Trinajstić information content (AvgIpc) is 3.51. The number of benzene rings is 3. The minimum Gasteiger partial charge on any atom is -0.490 e. The first-order valence-corrected chi connectivity index (χ1v) is 19.8. The molecule has 3 amide bonds. The number of imide groups is 1. The van der Waals surface area contributed by atoms with Gasteiger partial charge in [-0.05, 0) is 71.8 Å². The summed E-state index contributed by atoms with van der Waals surface area (Å²) in [5.41, 5.74) is 2.12. The van der Waals surface area contributed by atoms with Gasteiger partial charge in [-0.3, -0.25) is 19.3 Å². The van der Waals surface area contributed by atoms with Gasteiger partial charge in [-0.15, -0.1) is 0 Å². The summed E-state index contributed by atoms with van der Waals surface area (Å²) in [6.07, 6.45) is 2.01. The van der Waals surface area contributed by atoms with Crippen molar-refractivity contribution in [1.82, 2.24) is 19.8 Å². The third kappa shape index (κ3) is 9.17. The van der Waals surface area contributed by atoms with Gasteiger partial charge in [0.1, 0.15) is 31.2 Å². The van der Waals surface area contributed by atoms with E-state index in [9.17, 15) is 37.9 Å². The lowest BCUT2D eigenvalue weighted by molar-refractivity contribution is -0.156. The van der Waals surface area contributed by atoms with Crippen molar-refractivity contribution in [2.75, 3.05) is 26.2 Å². The molecule has 304 valence electrons. The number of carbonyl (C=O) groups is 3. The van der Waals surface area contributed by atoms with E-state index in [1.54, 1.807) is 24.4 Å². The highest BCUT2D eigenvalue weighted by Gasteiger charge is 2.43. The van der Waals surface area contributed by atoms with E-state index in [4.69, 9.17) is 25.8 Å². The zero-order valence-electron chi connectivity index (χ0n) is 31.8. The lowest BCUT2D eigenvalue weighted by Crippen LogP contribution is -2.54. The van der Waals surface area contributed by atoms with Crippen molar-refractivity contribution in [3.05, 3.63) is 105 Å². The normalized spacial score (nSPS) is 15.7. The number of thioether (sulfide) groups is 1. The molecule has 4 aromatic rings. The van der Waals surface area contributed by atoms with Gasteiger partial charge in [-0.2, -0.15) is 5.26 Å². The number of amides is 3. The van der Waals surface area contributed by atoms with Crippen LogP contribution in [0.4, 0.5) is 13.2 Å². The standard InChI is InChI=1S/C41H39ClF3N5O7S/c1-40(2,26-4-6-29(7-5-26)57-22-28-10-13-47-39(48-28)58-3)27-16-24(20-46)36(31(42)18-27)56-15-12-41(44,45)11-14-55-34-17-25-21-49(37(53)30(25)19-32(34)43)33-8-9-35(52)50(23-51)38(33)54/h4-7,10,13,16-19,33,51H,8-9,11-12,14-15,21-23H2,1-3H3. The highest BCUT2D eigenvalue weighted by Crippen LogP contribution is 2.39. The number of rotatable bonds is 16. The molecule has 2 aliphatic heterocycles. The Morgan fingerprint density at radius 1 is 1.02 bits per heavy atom. The average molecular weight is 838 g/mol. The molecule has 3 heterocycles. The van der Waals surface area contributed by atoms with E-state index >= 15 is 0 Å². The van der Waals surface area contributed by atoms with Crippen molar-refractivity contribution < 1.29 is 46.9 Å². The number of aliphatic hydroxyl groups excluding tert-OH is 1. The number of nitriles is 1. The van der Waals surface area contributed by atoms with E-state index in [0.29, 0.717) is 26.9 Å². The zero-order valence-corrected chi connectivity index (χ0v) is 33.3. The maximum Gasteiger partial charge on any atom is 0.255 e. The summed E-state index contributed by atoms with van der Waals surface area (Å²) < 4.78 is 61.8. The molecule has 1 unspecified atom stereocenters. The topological polar surface area (TPSA) is 155 Å². The van der Waals surface area contributed by atoms with E-state index in [0.717, 1.165) is 17.3 Å². The van der Waals surface area contributed by atoms with Crippen LogP contribution in [-0.4, -0.2) is 80.8 Å². The van der Waals surface area contributed by atoms with Crippen molar-refractivity contribution in [1.29, 1.82) is 5.26 Å². The highest BCUT2D eigenvalue weighted by atomic mass is 35.5. The molecule has 1 atom stereocenters. The third-order valence-corrected chi connectivity index (χ3v) is 11.0. The molecule has 2 aliphatic rings. The summed E-state index contributed by atoms with van der Waals surface area (Å²) >= 11 is 8.02. The SMILES string of the molecule is CSc1nccc(COc2ccc(C(C)(C)c3cc(Cl)c(OCCC(F)(F)CCOc4cc5c(cc4F)C(=O)N(C4CCC(=O)N(CO)C4=O)C5)c(C#N)c3)cc2)n1.